The summed E-state index contributed by atoms with van der Waals surface area (Å²) < 4.78 is 23.1. The summed E-state index contributed by atoms with van der Waals surface area (Å²) in [5, 5.41) is 0. The highest BCUT2D eigenvalue weighted by molar-refractivity contribution is 6.13. The predicted molar refractivity (Wildman–Crippen MR) is 127 cm³/mol. The van der Waals surface area contributed by atoms with Crippen molar-refractivity contribution >= 4 is 11.6 Å². The molecular weight excluding hydrogens is 432 g/mol. The van der Waals surface area contributed by atoms with Gasteiger partial charge < -0.3 is 23.8 Å². The summed E-state index contributed by atoms with van der Waals surface area (Å²) in [5.41, 5.74) is 3.45. The smallest absolute Gasteiger partial charge is 0.245 e. The van der Waals surface area contributed by atoms with Gasteiger partial charge in [0.2, 0.25) is 12.7 Å². The van der Waals surface area contributed by atoms with Gasteiger partial charge in [-0.1, -0.05) is 31.9 Å². The Labute approximate surface area is 198 Å². The molecule has 0 aliphatic carbocycles. The predicted octanol–water partition coefficient (Wildman–Crippen LogP) is 4.70. The normalized spacial score (nSPS) is 19.4. The first kappa shape index (κ1) is 20.8. The van der Waals surface area contributed by atoms with Crippen molar-refractivity contribution in [2.24, 2.45) is 0 Å². The van der Waals surface area contributed by atoms with Gasteiger partial charge in [-0.3, -0.25) is 9.78 Å². The van der Waals surface area contributed by atoms with Gasteiger partial charge in [-0.05, 0) is 30.2 Å². The minimum Gasteiger partial charge on any atom is -0.496 e. The van der Waals surface area contributed by atoms with Crippen LogP contribution in [0.5, 0.6) is 23.0 Å². The summed E-state index contributed by atoms with van der Waals surface area (Å²) in [6, 6.07) is 11.7. The molecule has 1 amide bonds. The van der Waals surface area contributed by atoms with E-state index in [1.54, 1.807) is 19.5 Å². The molecule has 2 aromatic carbocycles. The number of methoxy groups -OCH3 is 1. The van der Waals surface area contributed by atoms with Gasteiger partial charge in [0.1, 0.15) is 23.5 Å². The number of pyridine rings is 1. The van der Waals surface area contributed by atoms with Gasteiger partial charge in [-0.25, -0.2) is 0 Å². The zero-order valence-electron chi connectivity index (χ0n) is 19.3. The lowest BCUT2D eigenvalue weighted by molar-refractivity contribution is -0.122. The van der Waals surface area contributed by atoms with Crippen molar-refractivity contribution in [2.45, 2.75) is 31.6 Å². The second-order valence-corrected chi connectivity index (χ2v) is 8.84. The maximum Gasteiger partial charge on any atom is 0.245 e. The highest BCUT2D eigenvalue weighted by atomic mass is 16.7. The van der Waals surface area contributed by atoms with Crippen LogP contribution in [0.15, 0.2) is 48.8 Å². The Kier molecular flexibility index (Phi) is 4.86. The summed E-state index contributed by atoms with van der Waals surface area (Å²) in [4.78, 5) is 20.6. The van der Waals surface area contributed by atoms with Gasteiger partial charge >= 0.3 is 0 Å². The van der Waals surface area contributed by atoms with Crippen LogP contribution in [0.3, 0.4) is 0 Å². The van der Waals surface area contributed by atoms with Crippen LogP contribution in [-0.4, -0.2) is 37.9 Å². The van der Waals surface area contributed by atoms with Crippen LogP contribution < -0.4 is 23.8 Å². The van der Waals surface area contributed by atoms with E-state index in [4.69, 9.17) is 18.9 Å². The van der Waals surface area contributed by atoms with E-state index in [1.807, 2.05) is 41.3 Å². The fourth-order valence-electron chi connectivity index (χ4n) is 5.41. The van der Waals surface area contributed by atoms with E-state index in [1.165, 1.54) is 0 Å². The standard InChI is InChI=1S/C27H26N2O5/c1-3-4-5-11-29-20-8-6-7-17(18-14-28-10-9-21(18)31-2)25(20)27(26(29)30)15-32-22-13-24-23(12-19(22)27)33-16-34-24/h6-10,12-14H,3-5,11,15-16H2,1-2H3. The van der Waals surface area contributed by atoms with Crippen LogP contribution in [0.25, 0.3) is 11.1 Å². The maximum atomic E-state index is 14.3. The van der Waals surface area contributed by atoms with Crippen molar-refractivity contribution in [3.63, 3.8) is 0 Å². The third kappa shape index (κ3) is 2.82. The van der Waals surface area contributed by atoms with Crippen LogP contribution >= 0.6 is 0 Å². The summed E-state index contributed by atoms with van der Waals surface area (Å²) in [6.45, 7) is 3.21. The molecule has 0 N–H and O–H groups in total. The second-order valence-electron chi connectivity index (χ2n) is 8.84. The van der Waals surface area contributed by atoms with Crippen molar-refractivity contribution in [1.82, 2.24) is 4.98 Å². The molecule has 7 heteroatoms. The summed E-state index contributed by atoms with van der Waals surface area (Å²) >= 11 is 0. The molecule has 0 fully saturated rings. The summed E-state index contributed by atoms with van der Waals surface area (Å²) in [6.07, 6.45) is 6.59. The first-order valence-corrected chi connectivity index (χ1v) is 11.7. The van der Waals surface area contributed by atoms with Crippen molar-refractivity contribution in [3.05, 3.63) is 59.9 Å². The fourth-order valence-corrected chi connectivity index (χ4v) is 5.41. The SMILES string of the molecule is CCCCCN1C(=O)C2(COc3cc4c(cc32)OCO4)c2c(-c3cnccc3OC)cccc21. The number of fused-ring (bicyclic) bond motifs is 5. The van der Waals surface area contributed by atoms with E-state index in [9.17, 15) is 4.79 Å². The number of nitrogens with zero attached hydrogens (tertiary/aromatic N) is 2. The highest BCUT2D eigenvalue weighted by Crippen LogP contribution is 2.57. The molecule has 0 saturated heterocycles. The molecule has 0 radical (unpaired) electrons. The van der Waals surface area contributed by atoms with E-state index >= 15 is 0 Å². The van der Waals surface area contributed by atoms with Crippen LogP contribution in [0.1, 0.15) is 37.3 Å². The highest BCUT2D eigenvalue weighted by Gasteiger charge is 2.58. The van der Waals surface area contributed by atoms with E-state index in [0.29, 0.717) is 29.5 Å². The number of benzene rings is 2. The van der Waals surface area contributed by atoms with E-state index in [2.05, 4.69) is 11.9 Å². The molecule has 1 spiro atoms. The molecule has 3 aliphatic rings. The van der Waals surface area contributed by atoms with Gasteiger partial charge in [0, 0.05) is 47.4 Å². The molecule has 1 atom stereocenters. The number of amides is 1. The first-order valence-electron chi connectivity index (χ1n) is 11.7. The van der Waals surface area contributed by atoms with Crippen molar-refractivity contribution in [3.8, 4) is 34.1 Å². The number of carbonyl (C=O) groups is 1. The molecule has 6 rings (SSSR count). The number of anilines is 1. The van der Waals surface area contributed by atoms with E-state index in [-0.39, 0.29) is 19.3 Å². The zero-order chi connectivity index (χ0) is 23.3. The Hall–Kier alpha value is -3.74. The minimum atomic E-state index is -0.977. The molecular formula is C27H26N2O5. The summed E-state index contributed by atoms with van der Waals surface area (Å²) in [5.74, 6) is 2.68. The Morgan fingerprint density at radius 2 is 1.91 bits per heavy atom. The molecule has 3 aromatic rings. The molecule has 34 heavy (non-hydrogen) atoms. The molecule has 174 valence electrons. The largest absolute Gasteiger partial charge is 0.496 e. The molecule has 1 aromatic heterocycles. The monoisotopic (exact) mass is 458 g/mol. The number of rotatable bonds is 6. The Balaban J connectivity index is 1.60. The van der Waals surface area contributed by atoms with Gasteiger partial charge in [-0.2, -0.15) is 0 Å². The molecule has 0 bridgehead atoms. The number of ether oxygens (including phenoxy) is 4. The van der Waals surface area contributed by atoms with Crippen molar-refractivity contribution < 1.29 is 23.7 Å². The van der Waals surface area contributed by atoms with Gasteiger partial charge in [0.05, 0.1) is 7.11 Å². The maximum absolute atomic E-state index is 14.3. The fraction of sp³-hybridized carbons (Fsp3) is 0.333. The second kappa shape index (κ2) is 7.94. The topological polar surface area (TPSA) is 70.1 Å². The lowest BCUT2D eigenvalue weighted by atomic mass is 9.74. The number of unbranched alkanes of at least 4 members (excludes halogenated alkanes) is 2. The Bertz CT molecular complexity index is 1290. The molecule has 0 saturated carbocycles. The van der Waals surface area contributed by atoms with Crippen LogP contribution in [0.4, 0.5) is 5.69 Å². The van der Waals surface area contributed by atoms with Crippen molar-refractivity contribution in [1.29, 1.82) is 0 Å². The van der Waals surface area contributed by atoms with Gasteiger partial charge in [0.15, 0.2) is 11.5 Å². The Morgan fingerprint density at radius 3 is 2.74 bits per heavy atom. The third-order valence-electron chi connectivity index (χ3n) is 7.03. The number of carbonyl (C=O) groups excluding carboxylic acids is 1. The molecule has 7 nitrogen and oxygen atoms in total. The first-order chi connectivity index (χ1) is 16.7. The lowest BCUT2D eigenvalue weighted by Gasteiger charge is -2.24. The van der Waals surface area contributed by atoms with Crippen LogP contribution in [0, 0.1) is 0 Å². The number of hydrogen-bond acceptors (Lipinski definition) is 6. The van der Waals surface area contributed by atoms with E-state index in [0.717, 1.165) is 47.2 Å². The Morgan fingerprint density at radius 1 is 1.06 bits per heavy atom. The third-order valence-corrected chi connectivity index (χ3v) is 7.03. The van der Waals surface area contributed by atoms with Crippen LogP contribution in [0.2, 0.25) is 0 Å². The minimum absolute atomic E-state index is 0.0338. The van der Waals surface area contributed by atoms with Gasteiger partial charge in [-0.15, -0.1) is 0 Å². The molecule has 3 aliphatic heterocycles. The number of hydrogen-bond donors (Lipinski definition) is 0. The quantitative estimate of drug-likeness (QED) is 0.499. The molecule has 1 unspecified atom stereocenters. The van der Waals surface area contributed by atoms with Gasteiger partial charge in [0.25, 0.3) is 0 Å². The average molecular weight is 459 g/mol. The average Bonchev–Trinajstić information content (AvgIpc) is 3.54. The van der Waals surface area contributed by atoms with Crippen LogP contribution in [-0.2, 0) is 10.2 Å². The number of aromatic nitrogens is 1. The summed E-state index contributed by atoms with van der Waals surface area (Å²) in [7, 11) is 1.65. The lowest BCUT2D eigenvalue weighted by Crippen LogP contribution is -2.43. The van der Waals surface area contributed by atoms with Crippen molar-refractivity contribution in [2.75, 3.05) is 32.0 Å². The van der Waals surface area contributed by atoms with E-state index < -0.39 is 5.41 Å². The molecule has 4 heterocycles. The zero-order valence-corrected chi connectivity index (χ0v) is 19.3.